The molecule has 0 aromatic heterocycles. The van der Waals surface area contributed by atoms with Gasteiger partial charge in [0.05, 0.1) is 6.04 Å². The summed E-state index contributed by atoms with van der Waals surface area (Å²) in [5.74, 6) is -0.566. The minimum absolute atomic E-state index is 0.0126. The molecule has 1 atom stereocenters. The second kappa shape index (κ2) is 6.83. The van der Waals surface area contributed by atoms with Crippen molar-refractivity contribution < 1.29 is 19.2 Å². The molecule has 7 nitrogen and oxygen atoms in total. The molecule has 18 heavy (non-hydrogen) atoms. The maximum Gasteiger partial charge on any atom is 0.408 e. The van der Waals surface area contributed by atoms with Crippen LogP contribution in [0.1, 0.15) is 41.0 Å². The predicted octanol–water partition coefficient (Wildman–Crippen LogP) is 1.12. The first kappa shape index (κ1) is 16.2. The van der Waals surface area contributed by atoms with Crippen molar-refractivity contribution in [1.29, 1.82) is 0 Å². The van der Waals surface area contributed by atoms with Gasteiger partial charge in [0.1, 0.15) is 5.60 Å². The summed E-state index contributed by atoms with van der Waals surface area (Å²) in [5, 5.41) is 5.96. The van der Waals surface area contributed by atoms with Crippen LogP contribution in [0.3, 0.4) is 0 Å². The van der Waals surface area contributed by atoms with Gasteiger partial charge in [0.25, 0.3) is 0 Å². The lowest BCUT2D eigenvalue weighted by Crippen LogP contribution is -2.46. The molecule has 0 saturated carbocycles. The molecule has 0 heterocycles. The SMILES string of the molecule is CCC(NC(=O)OC(C)(C)C)C(N)=NOC(C)=O. The molecule has 0 saturated heterocycles. The van der Waals surface area contributed by atoms with Gasteiger partial charge in [-0.3, -0.25) is 0 Å². The van der Waals surface area contributed by atoms with Crippen molar-refractivity contribution in [3.05, 3.63) is 0 Å². The normalized spacial score (nSPS) is 13.7. The molecule has 0 aromatic carbocycles. The standard InChI is InChI=1S/C11H21N3O4/c1-6-8(9(12)14-18-7(2)15)13-10(16)17-11(3,4)5/h8H,6H2,1-5H3,(H2,12,14)(H,13,16). The summed E-state index contributed by atoms with van der Waals surface area (Å²) in [6.07, 6.45) is -0.106. The van der Waals surface area contributed by atoms with Gasteiger partial charge in [-0.2, -0.15) is 0 Å². The molecule has 0 aromatic rings. The zero-order chi connectivity index (χ0) is 14.3. The smallest absolute Gasteiger partial charge is 0.408 e. The number of oxime groups is 1. The third-order valence-corrected chi connectivity index (χ3v) is 1.74. The molecule has 0 aliphatic rings. The molecule has 0 spiro atoms. The summed E-state index contributed by atoms with van der Waals surface area (Å²) in [6, 6.07) is -0.542. The van der Waals surface area contributed by atoms with E-state index in [-0.39, 0.29) is 5.84 Å². The summed E-state index contributed by atoms with van der Waals surface area (Å²) < 4.78 is 5.08. The molecule has 0 radical (unpaired) electrons. The molecule has 0 bridgehead atoms. The van der Waals surface area contributed by atoms with E-state index < -0.39 is 23.7 Å². The zero-order valence-electron chi connectivity index (χ0n) is 11.4. The van der Waals surface area contributed by atoms with Gasteiger partial charge in [-0.25, -0.2) is 9.59 Å². The van der Waals surface area contributed by atoms with Gasteiger partial charge in [-0.05, 0) is 27.2 Å². The molecule has 0 rings (SSSR count). The molecule has 0 aliphatic heterocycles. The van der Waals surface area contributed by atoms with Crippen LogP contribution in [0.4, 0.5) is 4.79 Å². The average Bonchev–Trinajstić information content (AvgIpc) is 2.19. The number of nitrogens with two attached hydrogens (primary N) is 1. The minimum Gasteiger partial charge on any atom is -0.444 e. The van der Waals surface area contributed by atoms with Gasteiger partial charge in [-0.1, -0.05) is 12.1 Å². The highest BCUT2D eigenvalue weighted by molar-refractivity contribution is 5.88. The van der Waals surface area contributed by atoms with E-state index in [0.717, 1.165) is 0 Å². The Hall–Kier alpha value is -1.79. The molecule has 3 N–H and O–H groups in total. The lowest BCUT2D eigenvalue weighted by Gasteiger charge is -2.22. The maximum absolute atomic E-state index is 11.5. The van der Waals surface area contributed by atoms with Crippen LogP contribution in [0.25, 0.3) is 0 Å². The van der Waals surface area contributed by atoms with Gasteiger partial charge < -0.3 is 20.6 Å². The fourth-order valence-corrected chi connectivity index (χ4v) is 1.02. The van der Waals surface area contributed by atoms with Crippen molar-refractivity contribution in [2.24, 2.45) is 10.9 Å². The van der Waals surface area contributed by atoms with Gasteiger partial charge in [0.15, 0.2) is 5.84 Å². The number of hydrogen-bond donors (Lipinski definition) is 2. The van der Waals surface area contributed by atoms with E-state index in [0.29, 0.717) is 6.42 Å². The number of nitrogens with zero attached hydrogens (tertiary/aromatic N) is 1. The number of rotatable bonds is 4. The maximum atomic E-state index is 11.5. The number of amidine groups is 1. The lowest BCUT2D eigenvalue weighted by atomic mass is 10.2. The van der Waals surface area contributed by atoms with Crippen LogP contribution in [0.5, 0.6) is 0 Å². The fraction of sp³-hybridized carbons (Fsp3) is 0.727. The van der Waals surface area contributed by atoms with Crippen molar-refractivity contribution in [2.45, 2.75) is 52.7 Å². The molecule has 1 amide bonds. The van der Waals surface area contributed by atoms with Crippen LogP contribution in [-0.2, 0) is 14.4 Å². The van der Waals surface area contributed by atoms with Gasteiger partial charge in [0, 0.05) is 6.92 Å². The van der Waals surface area contributed by atoms with Crippen LogP contribution >= 0.6 is 0 Å². The Morgan fingerprint density at radius 1 is 1.39 bits per heavy atom. The van der Waals surface area contributed by atoms with Gasteiger partial charge in [0.2, 0.25) is 0 Å². The van der Waals surface area contributed by atoms with Crippen molar-refractivity contribution in [2.75, 3.05) is 0 Å². The Balaban J connectivity index is 4.47. The molecule has 104 valence electrons. The molecule has 0 aliphatic carbocycles. The van der Waals surface area contributed by atoms with Gasteiger partial charge >= 0.3 is 12.1 Å². The molecule has 7 heteroatoms. The number of amides is 1. The van der Waals surface area contributed by atoms with E-state index in [4.69, 9.17) is 10.5 Å². The molecule has 0 fully saturated rings. The minimum atomic E-state index is -0.602. The van der Waals surface area contributed by atoms with Crippen LogP contribution in [0.15, 0.2) is 5.16 Å². The van der Waals surface area contributed by atoms with E-state index in [1.807, 2.05) is 0 Å². The predicted molar refractivity (Wildman–Crippen MR) is 66.8 cm³/mol. The van der Waals surface area contributed by atoms with Crippen molar-refractivity contribution in [3.8, 4) is 0 Å². The third-order valence-electron chi connectivity index (χ3n) is 1.74. The largest absolute Gasteiger partial charge is 0.444 e. The van der Waals surface area contributed by atoms with E-state index in [1.54, 1.807) is 27.7 Å². The van der Waals surface area contributed by atoms with Crippen LogP contribution in [0.2, 0.25) is 0 Å². The molecule has 1 unspecified atom stereocenters. The zero-order valence-corrected chi connectivity index (χ0v) is 11.4. The summed E-state index contributed by atoms with van der Waals surface area (Å²) in [5.41, 5.74) is 5.00. The van der Waals surface area contributed by atoms with Crippen molar-refractivity contribution in [1.82, 2.24) is 5.32 Å². The van der Waals surface area contributed by atoms with E-state index in [9.17, 15) is 9.59 Å². The Labute approximate surface area is 107 Å². The van der Waals surface area contributed by atoms with Crippen molar-refractivity contribution in [3.63, 3.8) is 0 Å². The second-order valence-electron chi connectivity index (χ2n) is 4.71. The first-order valence-corrected chi connectivity index (χ1v) is 5.66. The second-order valence-corrected chi connectivity index (χ2v) is 4.71. The number of carbonyl (C=O) groups is 2. The third kappa shape index (κ3) is 7.48. The number of alkyl carbamates (subject to hydrolysis) is 1. The van der Waals surface area contributed by atoms with E-state index in [1.165, 1.54) is 6.92 Å². The number of ether oxygens (including phenoxy) is 1. The first-order chi connectivity index (χ1) is 8.15. The average molecular weight is 259 g/mol. The van der Waals surface area contributed by atoms with Crippen LogP contribution in [0, 0.1) is 0 Å². The summed E-state index contributed by atoms with van der Waals surface area (Å²) in [7, 11) is 0. The highest BCUT2D eigenvalue weighted by Crippen LogP contribution is 2.07. The summed E-state index contributed by atoms with van der Waals surface area (Å²) in [6.45, 7) is 8.27. The highest BCUT2D eigenvalue weighted by atomic mass is 16.7. The van der Waals surface area contributed by atoms with E-state index >= 15 is 0 Å². The summed E-state index contributed by atoms with van der Waals surface area (Å²) >= 11 is 0. The monoisotopic (exact) mass is 259 g/mol. The van der Waals surface area contributed by atoms with Gasteiger partial charge in [-0.15, -0.1) is 0 Å². The Kier molecular flexibility index (Phi) is 6.15. The Morgan fingerprint density at radius 2 is 1.94 bits per heavy atom. The first-order valence-electron chi connectivity index (χ1n) is 5.66. The number of hydrogen-bond acceptors (Lipinski definition) is 5. The van der Waals surface area contributed by atoms with Crippen LogP contribution < -0.4 is 11.1 Å². The molecular formula is C11H21N3O4. The Bertz CT molecular complexity index is 334. The van der Waals surface area contributed by atoms with E-state index in [2.05, 4.69) is 15.3 Å². The highest BCUT2D eigenvalue weighted by Gasteiger charge is 2.20. The number of carbonyl (C=O) groups excluding carboxylic acids is 2. The lowest BCUT2D eigenvalue weighted by molar-refractivity contribution is -0.141. The fourth-order valence-electron chi connectivity index (χ4n) is 1.02. The summed E-state index contributed by atoms with van der Waals surface area (Å²) in [4.78, 5) is 26.5. The molecular weight excluding hydrogens is 238 g/mol. The quantitative estimate of drug-likeness (QED) is 0.341. The van der Waals surface area contributed by atoms with Crippen molar-refractivity contribution >= 4 is 17.9 Å². The Morgan fingerprint density at radius 3 is 2.33 bits per heavy atom. The topological polar surface area (TPSA) is 103 Å². The number of nitrogens with one attached hydrogen (secondary N) is 1. The van der Waals surface area contributed by atoms with Crippen LogP contribution in [-0.4, -0.2) is 29.5 Å².